The van der Waals surface area contributed by atoms with Gasteiger partial charge in [-0.15, -0.1) is 11.3 Å². The van der Waals surface area contributed by atoms with E-state index in [2.05, 4.69) is 15.9 Å². The summed E-state index contributed by atoms with van der Waals surface area (Å²) in [6.07, 6.45) is 0.395. The number of carbonyl (C=O) groups is 1. The number of hydrogen-bond donors (Lipinski definition) is 1. The second-order valence-corrected chi connectivity index (χ2v) is 5.74. The number of carbonyl (C=O) groups excluding carboxylic acids is 1. The largest absolute Gasteiger partial charge is 0.398 e. The van der Waals surface area contributed by atoms with Crippen molar-refractivity contribution in [2.75, 3.05) is 5.73 Å². The quantitative estimate of drug-likeness (QED) is 0.691. The number of thiophene rings is 1. The standard InChI is InChI=1S/C13H12BrNOS/c1-8-2-3-11(15)9(6-8)12(16)7-13-10(14)4-5-17-13/h2-6H,7,15H2,1H3. The maximum absolute atomic E-state index is 12.1. The number of aryl methyl sites for hydroxylation is 1. The van der Waals surface area contributed by atoms with Crippen LogP contribution < -0.4 is 5.73 Å². The predicted molar refractivity (Wildman–Crippen MR) is 75.6 cm³/mol. The third kappa shape index (κ3) is 2.76. The molecule has 0 saturated heterocycles. The van der Waals surface area contributed by atoms with Gasteiger partial charge in [0.05, 0.1) is 0 Å². The first-order valence-corrected chi connectivity index (χ1v) is 6.86. The zero-order valence-electron chi connectivity index (χ0n) is 9.37. The average Bonchev–Trinajstić information content (AvgIpc) is 2.68. The normalized spacial score (nSPS) is 10.5. The van der Waals surface area contributed by atoms with Crippen LogP contribution in [0.1, 0.15) is 20.8 Å². The molecule has 0 radical (unpaired) electrons. The zero-order valence-corrected chi connectivity index (χ0v) is 11.8. The molecule has 0 unspecified atom stereocenters. The summed E-state index contributed by atoms with van der Waals surface area (Å²) >= 11 is 5.00. The van der Waals surface area contributed by atoms with E-state index in [0.717, 1.165) is 14.9 Å². The Hall–Kier alpha value is -1.13. The molecule has 1 aromatic heterocycles. The Morgan fingerprint density at radius 3 is 2.82 bits per heavy atom. The van der Waals surface area contributed by atoms with E-state index in [4.69, 9.17) is 5.73 Å². The first-order valence-electron chi connectivity index (χ1n) is 5.19. The highest BCUT2D eigenvalue weighted by Gasteiger charge is 2.13. The van der Waals surface area contributed by atoms with E-state index in [0.29, 0.717) is 17.7 Å². The highest BCUT2D eigenvalue weighted by molar-refractivity contribution is 9.10. The first kappa shape index (κ1) is 12.3. The Morgan fingerprint density at radius 2 is 2.18 bits per heavy atom. The summed E-state index contributed by atoms with van der Waals surface area (Å²) in [4.78, 5) is 13.2. The van der Waals surface area contributed by atoms with Crippen molar-refractivity contribution in [3.8, 4) is 0 Å². The number of halogens is 1. The van der Waals surface area contributed by atoms with Gasteiger partial charge in [-0.25, -0.2) is 0 Å². The SMILES string of the molecule is Cc1ccc(N)c(C(=O)Cc2sccc2Br)c1. The summed E-state index contributed by atoms with van der Waals surface area (Å²) in [5.41, 5.74) is 8.04. The summed E-state index contributed by atoms with van der Waals surface area (Å²) < 4.78 is 0.988. The third-order valence-corrected chi connectivity index (χ3v) is 4.45. The molecule has 2 rings (SSSR count). The number of anilines is 1. The van der Waals surface area contributed by atoms with Crippen LogP contribution in [0, 0.1) is 6.92 Å². The molecule has 0 aliphatic heterocycles. The molecule has 0 bridgehead atoms. The molecule has 0 atom stereocenters. The van der Waals surface area contributed by atoms with Gasteiger partial charge in [-0.3, -0.25) is 4.79 Å². The molecule has 17 heavy (non-hydrogen) atoms. The van der Waals surface area contributed by atoms with Crippen LogP contribution in [0.3, 0.4) is 0 Å². The second-order valence-electron chi connectivity index (χ2n) is 3.88. The van der Waals surface area contributed by atoms with Crippen LogP contribution in [0.5, 0.6) is 0 Å². The Kier molecular flexibility index (Phi) is 3.64. The van der Waals surface area contributed by atoms with E-state index < -0.39 is 0 Å². The molecule has 0 aliphatic rings. The summed E-state index contributed by atoms with van der Waals surface area (Å²) in [6.45, 7) is 1.96. The van der Waals surface area contributed by atoms with Crippen LogP contribution in [0.25, 0.3) is 0 Å². The van der Waals surface area contributed by atoms with Crippen molar-refractivity contribution >= 4 is 38.7 Å². The van der Waals surface area contributed by atoms with E-state index in [9.17, 15) is 4.79 Å². The predicted octanol–water partition coefficient (Wildman–Crippen LogP) is 3.83. The minimum atomic E-state index is 0.0642. The van der Waals surface area contributed by atoms with E-state index in [-0.39, 0.29) is 5.78 Å². The van der Waals surface area contributed by atoms with E-state index in [1.54, 1.807) is 17.4 Å². The smallest absolute Gasteiger partial charge is 0.170 e. The first-order chi connectivity index (χ1) is 8.08. The van der Waals surface area contributed by atoms with Gasteiger partial charge in [0.25, 0.3) is 0 Å². The van der Waals surface area contributed by atoms with Gasteiger partial charge in [-0.1, -0.05) is 11.6 Å². The molecule has 0 fully saturated rings. The van der Waals surface area contributed by atoms with Crippen LogP contribution in [0.4, 0.5) is 5.69 Å². The number of nitrogen functional groups attached to an aromatic ring is 1. The molecule has 0 aliphatic carbocycles. The summed E-state index contributed by atoms with van der Waals surface area (Å²) in [6, 6.07) is 7.49. The molecule has 4 heteroatoms. The minimum Gasteiger partial charge on any atom is -0.398 e. The lowest BCUT2D eigenvalue weighted by Gasteiger charge is -2.05. The molecular formula is C13H12BrNOS. The molecule has 0 saturated carbocycles. The molecule has 0 spiro atoms. The van der Waals surface area contributed by atoms with Crippen LogP contribution >= 0.6 is 27.3 Å². The molecule has 0 amide bonds. The van der Waals surface area contributed by atoms with Crippen molar-refractivity contribution in [2.45, 2.75) is 13.3 Å². The van der Waals surface area contributed by atoms with Crippen molar-refractivity contribution in [1.82, 2.24) is 0 Å². The van der Waals surface area contributed by atoms with Crippen LogP contribution in [0.2, 0.25) is 0 Å². The Labute approximate surface area is 113 Å². The summed E-state index contributed by atoms with van der Waals surface area (Å²) in [5.74, 6) is 0.0642. The fraction of sp³-hybridized carbons (Fsp3) is 0.154. The number of ketones is 1. The van der Waals surface area contributed by atoms with Gasteiger partial charge in [0, 0.05) is 27.0 Å². The van der Waals surface area contributed by atoms with Crippen molar-refractivity contribution in [2.24, 2.45) is 0 Å². The fourth-order valence-corrected chi connectivity index (χ4v) is 3.10. The molecular weight excluding hydrogens is 298 g/mol. The highest BCUT2D eigenvalue weighted by Crippen LogP contribution is 2.25. The lowest BCUT2D eigenvalue weighted by Crippen LogP contribution is -2.06. The Balaban J connectivity index is 2.26. The molecule has 1 heterocycles. The van der Waals surface area contributed by atoms with Gasteiger partial charge in [0.1, 0.15) is 0 Å². The molecule has 2 aromatic rings. The van der Waals surface area contributed by atoms with Crippen molar-refractivity contribution in [3.05, 3.63) is 50.1 Å². The van der Waals surface area contributed by atoms with Gasteiger partial charge < -0.3 is 5.73 Å². The minimum absolute atomic E-state index is 0.0642. The summed E-state index contributed by atoms with van der Waals surface area (Å²) in [5, 5.41) is 1.96. The Bertz CT molecular complexity index is 562. The van der Waals surface area contributed by atoms with Crippen molar-refractivity contribution in [1.29, 1.82) is 0 Å². The Morgan fingerprint density at radius 1 is 1.41 bits per heavy atom. The lowest BCUT2D eigenvalue weighted by atomic mass is 10.0. The number of rotatable bonds is 3. The van der Waals surface area contributed by atoms with Crippen LogP contribution in [0.15, 0.2) is 34.1 Å². The highest BCUT2D eigenvalue weighted by atomic mass is 79.9. The van der Waals surface area contributed by atoms with Gasteiger partial charge in [0.2, 0.25) is 0 Å². The van der Waals surface area contributed by atoms with E-state index in [1.807, 2.05) is 30.5 Å². The lowest BCUT2D eigenvalue weighted by molar-refractivity contribution is 0.0994. The number of benzene rings is 1. The van der Waals surface area contributed by atoms with Gasteiger partial charge in [-0.05, 0) is 46.4 Å². The molecule has 1 aromatic carbocycles. The molecule has 88 valence electrons. The maximum atomic E-state index is 12.1. The molecule has 2 N–H and O–H groups in total. The fourth-order valence-electron chi connectivity index (χ4n) is 1.60. The van der Waals surface area contributed by atoms with E-state index >= 15 is 0 Å². The van der Waals surface area contributed by atoms with Gasteiger partial charge >= 0.3 is 0 Å². The van der Waals surface area contributed by atoms with Crippen molar-refractivity contribution < 1.29 is 4.79 Å². The zero-order chi connectivity index (χ0) is 12.4. The number of hydrogen-bond acceptors (Lipinski definition) is 3. The van der Waals surface area contributed by atoms with E-state index in [1.165, 1.54) is 0 Å². The maximum Gasteiger partial charge on any atom is 0.170 e. The van der Waals surface area contributed by atoms with Crippen LogP contribution in [-0.4, -0.2) is 5.78 Å². The molecule has 2 nitrogen and oxygen atoms in total. The van der Waals surface area contributed by atoms with Gasteiger partial charge in [-0.2, -0.15) is 0 Å². The monoisotopic (exact) mass is 309 g/mol. The number of Topliss-reactive ketones (excluding diaryl/α,β-unsaturated/α-hetero) is 1. The second kappa shape index (κ2) is 5.02. The number of nitrogens with two attached hydrogens (primary N) is 1. The summed E-state index contributed by atoms with van der Waals surface area (Å²) in [7, 11) is 0. The van der Waals surface area contributed by atoms with Crippen molar-refractivity contribution in [3.63, 3.8) is 0 Å². The topological polar surface area (TPSA) is 43.1 Å². The third-order valence-electron chi connectivity index (χ3n) is 2.52. The van der Waals surface area contributed by atoms with Gasteiger partial charge in [0.15, 0.2) is 5.78 Å². The van der Waals surface area contributed by atoms with Crippen LogP contribution in [-0.2, 0) is 6.42 Å². The average molecular weight is 310 g/mol.